The number of amides is 1. The fourth-order valence-corrected chi connectivity index (χ4v) is 13.5. The van der Waals surface area contributed by atoms with Crippen molar-refractivity contribution < 1.29 is 24.5 Å². The van der Waals surface area contributed by atoms with E-state index in [-0.39, 0.29) is 45.9 Å². The van der Waals surface area contributed by atoms with Crippen molar-refractivity contribution in [1.29, 1.82) is 0 Å². The van der Waals surface area contributed by atoms with Gasteiger partial charge in [0, 0.05) is 40.9 Å². The molecule has 2 aliphatic heterocycles. The van der Waals surface area contributed by atoms with E-state index >= 15 is 0 Å². The van der Waals surface area contributed by atoms with Crippen LogP contribution < -0.4 is 5.32 Å². The number of benzene rings is 1. The number of fused-ring (bicyclic) bond motifs is 11. The van der Waals surface area contributed by atoms with Crippen LogP contribution >= 0.6 is 0 Å². The number of allylic oxidation sites excluding steroid dienone is 1. The summed E-state index contributed by atoms with van der Waals surface area (Å²) in [6.07, 6.45) is 8.38. The molecule has 4 aliphatic carbocycles. The number of carbonyl (C=O) groups is 2. The Hall–Kier alpha value is -2.74. The topological polar surface area (TPSA) is 101 Å². The lowest BCUT2D eigenvalue weighted by molar-refractivity contribution is -0.167. The predicted molar refractivity (Wildman–Crippen MR) is 202 cm³/mol. The van der Waals surface area contributed by atoms with Crippen LogP contribution in [0.2, 0.25) is 0 Å². The summed E-state index contributed by atoms with van der Waals surface area (Å²) in [5, 5.41) is 28.0. The van der Waals surface area contributed by atoms with Gasteiger partial charge in [-0.05, 0) is 131 Å². The maximum atomic E-state index is 14.9. The van der Waals surface area contributed by atoms with E-state index in [2.05, 4.69) is 77.1 Å². The summed E-state index contributed by atoms with van der Waals surface area (Å²) in [6.45, 7) is 24.0. The number of aromatic nitrogens is 1. The van der Waals surface area contributed by atoms with Gasteiger partial charge in [-0.2, -0.15) is 0 Å². The quantitative estimate of drug-likeness (QED) is 0.265. The number of nitrogens with zero attached hydrogens (tertiary/aromatic N) is 1. The van der Waals surface area contributed by atoms with E-state index in [0.29, 0.717) is 17.4 Å². The first-order valence-electron chi connectivity index (χ1n) is 19.7. The lowest BCUT2D eigenvalue weighted by atomic mass is 9.40. The van der Waals surface area contributed by atoms with Crippen LogP contribution in [0.4, 0.5) is 0 Å². The van der Waals surface area contributed by atoms with Gasteiger partial charge in [0.25, 0.3) is 0 Å². The van der Waals surface area contributed by atoms with Gasteiger partial charge in [0.1, 0.15) is 6.04 Å². The summed E-state index contributed by atoms with van der Waals surface area (Å²) >= 11 is 0. The van der Waals surface area contributed by atoms with E-state index in [9.17, 15) is 19.8 Å². The fraction of sp³-hybridized carbons (Fsp3) is 0.682. The second kappa shape index (κ2) is 10.9. The zero-order chi connectivity index (χ0) is 37.0. The summed E-state index contributed by atoms with van der Waals surface area (Å²) in [4.78, 5) is 27.2. The largest absolute Gasteiger partial charge is 0.393 e. The molecular formula is C44H60N2O5. The van der Waals surface area contributed by atoms with Crippen molar-refractivity contribution in [3.8, 4) is 0 Å². The molecule has 2 saturated carbocycles. The molecule has 1 aromatic heterocycles. The van der Waals surface area contributed by atoms with Gasteiger partial charge in [-0.3, -0.25) is 9.59 Å². The van der Waals surface area contributed by atoms with Crippen molar-refractivity contribution >= 4 is 28.2 Å². The third-order valence-electron chi connectivity index (χ3n) is 15.7. The number of aliphatic hydroxyl groups excluding tert-OH is 2. The second-order valence-corrected chi connectivity index (χ2v) is 19.4. The Labute approximate surface area is 304 Å². The Balaban J connectivity index is 1.30. The van der Waals surface area contributed by atoms with Crippen LogP contribution in [0, 0.1) is 34.5 Å². The summed E-state index contributed by atoms with van der Waals surface area (Å²) in [5.41, 5.74) is 6.36. The van der Waals surface area contributed by atoms with E-state index < -0.39 is 23.3 Å². The monoisotopic (exact) mass is 696 g/mol. The molecule has 1 amide bonds. The first kappa shape index (κ1) is 35.3. The second-order valence-electron chi connectivity index (χ2n) is 19.4. The van der Waals surface area contributed by atoms with Crippen molar-refractivity contribution in [2.24, 2.45) is 34.5 Å². The lowest BCUT2D eigenvalue weighted by Crippen LogP contribution is -2.62. The van der Waals surface area contributed by atoms with E-state index in [1.807, 2.05) is 13.8 Å². The molecule has 51 heavy (non-hydrogen) atoms. The minimum Gasteiger partial charge on any atom is -0.393 e. The third-order valence-corrected chi connectivity index (χ3v) is 15.7. The highest BCUT2D eigenvalue weighted by atomic mass is 16.5. The van der Waals surface area contributed by atoms with Gasteiger partial charge >= 0.3 is 0 Å². The standard InChI is InChI=1S/C44H60N2O5/c1-22(2)34-37(49)32-31-25(28-21-40(4,5)51-41(6,7)33(28)36(31)48)20-26-27-19-24-14-15-29-42(8,17-12-13-23(3)39(50)45-11)30(47)16-18-43(29,9)44(24,10)38(27)46(34)35(26)32/h20-21,23-24,29-30,33-34,36,47-48H,1,12-19H2,2-11H3,(H,45,50)/t23?,24-,29-,30-,33+,34-,36+,42-,43-,44+/m0/s1. The number of carbonyl (C=O) groups excluding carboxylic acids is 2. The Morgan fingerprint density at radius 2 is 1.82 bits per heavy atom. The molecule has 0 bridgehead atoms. The van der Waals surface area contributed by atoms with Crippen molar-refractivity contribution in [2.75, 3.05) is 7.05 Å². The van der Waals surface area contributed by atoms with Crippen LogP contribution in [0.25, 0.3) is 16.5 Å². The molecule has 7 nitrogen and oxygen atoms in total. The number of nitrogens with one attached hydrogen (secondary N) is 1. The van der Waals surface area contributed by atoms with Gasteiger partial charge < -0.3 is 24.8 Å². The van der Waals surface area contributed by atoms with Gasteiger partial charge in [-0.25, -0.2) is 0 Å². The molecule has 1 unspecified atom stereocenters. The van der Waals surface area contributed by atoms with Crippen molar-refractivity contribution in [3.63, 3.8) is 0 Å². The highest BCUT2D eigenvalue weighted by Crippen LogP contribution is 2.72. The average molecular weight is 697 g/mol. The smallest absolute Gasteiger partial charge is 0.222 e. The van der Waals surface area contributed by atoms with Gasteiger partial charge in [0.15, 0.2) is 5.78 Å². The Morgan fingerprint density at radius 1 is 1.12 bits per heavy atom. The maximum absolute atomic E-state index is 14.9. The number of rotatable bonds is 6. The highest BCUT2D eigenvalue weighted by molar-refractivity contribution is 6.18. The van der Waals surface area contributed by atoms with Gasteiger partial charge in [-0.1, -0.05) is 46.3 Å². The molecule has 3 N–H and O–H groups in total. The molecule has 276 valence electrons. The SMILES string of the molecule is C=C(C)[C@H]1C(=O)c2c3c(cc4c5c(n1c24)[C@@]1(C)[C@@H](CC[C@H]2[C@](C)(CCCC(C)C(=O)NC)[C@@H](O)CC[C@@]21C)C5)C1=CC(C)(C)OC(C)(C)[C@H]1[C@@H]3O. The fourth-order valence-electron chi connectivity index (χ4n) is 13.5. The van der Waals surface area contributed by atoms with Crippen molar-refractivity contribution in [3.05, 3.63) is 52.2 Å². The molecule has 2 fully saturated rings. The van der Waals surface area contributed by atoms with Crippen LogP contribution in [0.5, 0.6) is 0 Å². The number of hydrogen-bond acceptors (Lipinski definition) is 5. The molecule has 7 heteroatoms. The summed E-state index contributed by atoms with van der Waals surface area (Å²) in [5.74, 6) is 0.551. The average Bonchev–Trinajstić information content (AvgIpc) is 3.71. The van der Waals surface area contributed by atoms with Gasteiger partial charge in [0.2, 0.25) is 5.91 Å². The summed E-state index contributed by atoms with van der Waals surface area (Å²) < 4.78 is 8.93. The normalized spacial score (nSPS) is 38.7. The molecule has 8 rings (SSSR count). The van der Waals surface area contributed by atoms with Crippen molar-refractivity contribution in [2.45, 2.75) is 149 Å². The number of Topliss-reactive ketones (excluding diaryl/α,β-unsaturated/α-hetero) is 1. The zero-order valence-electron chi connectivity index (χ0n) is 32.6. The molecule has 3 heterocycles. The molecule has 6 aliphatic rings. The van der Waals surface area contributed by atoms with Crippen LogP contribution in [0.15, 0.2) is 24.3 Å². The van der Waals surface area contributed by atoms with E-state index in [1.165, 1.54) is 16.6 Å². The van der Waals surface area contributed by atoms with E-state index in [4.69, 9.17) is 4.74 Å². The van der Waals surface area contributed by atoms with Crippen LogP contribution in [0.3, 0.4) is 0 Å². The number of ether oxygens (including phenoxy) is 1. The first-order chi connectivity index (χ1) is 23.7. The summed E-state index contributed by atoms with van der Waals surface area (Å²) in [7, 11) is 1.70. The predicted octanol–water partition coefficient (Wildman–Crippen LogP) is 8.15. The lowest BCUT2D eigenvalue weighted by Gasteiger charge is -2.65. The number of aliphatic hydroxyl groups is 2. The van der Waals surface area contributed by atoms with Crippen LogP contribution in [-0.2, 0) is 21.4 Å². The maximum Gasteiger partial charge on any atom is 0.222 e. The molecule has 0 spiro atoms. The number of hydrogen-bond donors (Lipinski definition) is 3. The molecule has 0 saturated heterocycles. The first-order valence-corrected chi connectivity index (χ1v) is 19.7. The minimum absolute atomic E-state index is 0.0519. The molecule has 0 radical (unpaired) electrons. The molecule has 1 aromatic carbocycles. The van der Waals surface area contributed by atoms with Gasteiger partial charge in [0.05, 0.1) is 34.5 Å². The Bertz CT molecular complexity index is 1930. The Kier molecular flexibility index (Phi) is 7.55. The van der Waals surface area contributed by atoms with Crippen LogP contribution in [-0.4, -0.2) is 50.8 Å². The number of ketones is 1. The molecule has 2 aromatic rings. The van der Waals surface area contributed by atoms with Crippen LogP contribution in [0.1, 0.15) is 152 Å². The van der Waals surface area contributed by atoms with E-state index in [0.717, 1.165) is 79.2 Å². The van der Waals surface area contributed by atoms with E-state index in [1.54, 1.807) is 7.05 Å². The molecular weight excluding hydrogens is 636 g/mol. The van der Waals surface area contributed by atoms with Crippen molar-refractivity contribution in [1.82, 2.24) is 9.88 Å². The minimum atomic E-state index is -0.839. The zero-order valence-corrected chi connectivity index (χ0v) is 32.6. The Morgan fingerprint density at radius 3 is 2.49 bits per heavy atom. The third kappa shape index (κ3) is 4.35. The van der Waals surface area contributed by atoms with Gasteiger partial charge in [-0.15, -0.1) is 0 Å². The molecule has 10 atom stereocenters. The summed E-state index contributed by atoms with van der Waals surface area (Å²) in [6, 6.07) is 1.82. The highest BCUT2D eigenvalue weighted by Gasteiger charge is 2.68.